The zero-order chi connectivity index (χ0) is 55.3. The Bertz CT molecular complexity index is 2300. The fourth-order valence-electron chi connectivity index (χ4n) is 16.0. The van der Waals surface area contributed by atoms with Crippen molar-refractivity contribution in [2.24, 2.45) is 5.92 Å². The summed E-state index contributed by atoms with van der Waals surface area (Å²) in [4.78, 5) is 0. The van der Waals surface area contributed by atoms with Gasteiger partial charge in [0.25, 0.3) is 0 Å². The Morgan fingerprint density at radius 3 is 0.486 bits per heavy atom. The Hall–Kier alpha value is -0.691. The van der Waals surface area contributed by atoms with E-state index in [0.29, 0.717) is 5.92 Å². The highest BCUT2D eigenvalue weighted by molar-refractivity contribution is 7.28. The van der Waals surface area contributed by atoms with E-state index >= 15 is 0 Å². The Balaban J connectivity index is 3.18. The molecule has 0 radical (unpaired) electrons. The van der Waals surface area contributed by atoms with Crippen LogP contribution in [-0.2, 0) is 0 Å². The molecule has 0 amide bonds. The van der Waals surface area contributed by atoms with Crippen LogP contribution >= 0.6 is 0 Å². The topological polar surface area (TPSA) is 0 Å². The van der Waals surface area contributed by atoms with Crippen LogP contribution in [0.15, 0.2) is 21.9 Å². The minimum Gasteiger partial charge on any atom is -0.0656 e. The number of benzene rings is 3. The smallest absolute Gasteiger partial charge is 0.0656 e. The van der Waals surface area contributed by atoms with E-state index in [1.54, 1.807) is 65.7 Å². The van der Waals surface area contributed by atoms with Gasteiger partial charge in [-0.3, -0.25) is 0 Å². The van der Waals surface area contributed by atoms with Crippen LogP contribution in [0.25, 0.3) is 0 Å². The van der Waals surface area contributed by atoms with Gasteiger partial charge in [-0.25, -0.2) is 0 Å². The lowest BCUT2D eigenvalue weighted by Gasteiger charge is -2.53. The Labute approximate surface area is 446 Å². The molecule has 0 saturated heterocycles. The van der Waals surface area contributed by atoms with E-state index < -0.39 is 80.7 Å². The molecule has 1 aliphatic rings. The molecule has 0 bridgehead atoms. The molecular weight excluding hydrogens is 1000 g/mol. The van der Waals surface area contributed by atoms with Crippen molar-refractivity contribution in [1.82, 2.24) is 0 Å². The van der Waals surface area contributed by atoms with Crippen LogP contribution in [0.1, 0.15) is 61.1 Å². The monoisotopic (exact) mass is 1110 g/mol. The fraction of sp³-hybridized carbons (Fsp3) is 0.633. The van der Waals surface area contributed by atoms with Crippen molar-refractivity contribution in [3.05, 3.63) is 55.3 Å². The van der Waals surface area contributed by atoms with Crippen LogP contribution < -0.4 is 62.2 Å². The predicted molar refractivity (Wildman–Crippen MR) is 359 cm³/mol. The second-order valence-corrected chi connectivity index (χ2v) is 80.9. The second-order valence-electron chi connectivity index (χ2n) is 32.3. The Morgan fingerprint density at radius 2 is 0.371 bits per heavy atom. The van der Waals surface area contributed by atoms with E-state index in [1.807, 2.05) is 51.9 Å². The van der Waals surface area contributed by atoms with Gasteiger partial charge >= 0.3 is 0 Å². The lowest BCUT2D eigenvalue weighted by atomic mass is 10.1. The maximum Gasteiger partial charge on any atom is 0.175 e. The van der Waals surface area contributed by atoms with Gasteiger partial charge in [0.15, 0.2) is 8.07 Å². The molecule has 1 atom stereocenters. The molecule has 0 fully saturated rings. The quantitative estimate of drug-likeness (QED) is 0.118. The minimum absolute atomic E-state index is 0.357. The minimum atomic E-state index is -3.47. The predicted octanol–water partition coefficient (Wildman–Crippen LogP) is 11.8. The number of allylic oxidation sites excluding steroid dienone is 4. The Kier molecular flexibility index (Phi) is 16.6. The van der Waals surface area contributed by atoms with Gasteiger partial charge < -0.3 is 0 Å². The summed E-state index contributed by atoms with van der Waals surface area (Å²) in [6.07, 6.45) is 0. The molecule has 0 heterocycles. The third kappa shape index (κ3) is 10.3. The molecule has 392 valence electrons. The van der Waals surface area contributed by atoms with E-state index in [1.165, 1.54) is 0 Å². The number of hydrogen-bond donors (Lipinski definition) is 0. The van der Waals surface area contributed by atoms with Gasteiger partial charge in [0.2, 0.25) is 0 Å². The first kappa shape index (κ1) is 61.9. The molecule has 0 spiro atoms. The zero-order valence-electron chi connectivity index (χ0n) is 53.6. The SMILES string of the molecule is CC1=C(C)C(C)C([Si](c2c([Si](C)(C)C)c(C)c([Si](C)(C)C)c(C)c2[Si](C)(C)C)(c2c([Si](C)(C)C)c(C)c([Si](C)(C)C)c(C)c2[Si](C)(C)C)c2c([Si](C)(C)C)c(C)c([Si](C)(C)C)c(C)c2[Si](C)(C)C)=C1C. The van der Waals surface area contributed by atoms with Crippen molar-refractivity contribution >= 4 is 143 Å². The number of rotatable bonds is 13. The molecule has 0 aromatic heterocycles. The second kappa shape index (κ2) is 18.8. The maximum atomic E-state index is 2.79. The fourth-order valence-corrected chi connectivity index (χ4v) is 54.0. The van der Waals surface area contributed by atoms with Crippen LogP contribution in [0.4, 0.5) is 0 Å². The molecule has 1 aliphatic carbocycles. The van der Waals surface area contributed by atoms with Crippen molar-refractivity contribution in [2.75, 3.05) is 0 Å². The summed E-state index contributed by atoms with van der Waals surface area (Å²) in [5, 5.41) is 24.5. The first-order valence-corrected chi connectivity index (χ1v) is 61.2. The molecule has 3 aromatic rings. The third-order valence-electron chi connectivity index (χ3n) is 16.9. The first-order chi connectivity index (χ1) is 30.7. The van der Waals surface area contributed by atoms with Gasteiger partial charge in [-0.2, -0.15) is 0 Å². The maximum absolute atomic E-state index is 3.47. The van der Waals surface area contributed by atoms with E-state index in [9.17, 15) is 0 Å². The van der Waals surface area contributed by atoms with Gasteiger partial charge in [-0.1, -0.05) is 280 Å². The highest BCUT2D eigenvalue weighted by Gasteiger charge is 2.60. The summed E-state index contributed by atoms with van der Waals surface area (Å²) in [5.74, 6) is 0.357. The van der Waals surface area contributed by atoms with Crippen LogP contribution in [0.2, 0.25) is 177 Å². The number of hydrogen-bond acceptors (Lipinski definition) is 0. The largest absolute Gasteiger partial charge is 0.175 e. The van der Waals surface area contributed by atoms with Gasteiger partial charge in [0.1, 0.15) is 0 Å². The van der Waals surface area contributed by atoms with Crippen LogP contribution in [0, 0.1) is 47.5 Å². The first-order valence-electron chi connectivity index (χ1n) is 27.7. The van der Waals surface area contributed by atoms with Crippen molar-refractivity contribution in [3.63, 3.8) is 0 Å². The molecular formula is C60H112Si10. The summed E-state index contributed by atoms with van der Waals surface area (Å²) in [7, 11) is -21.9. The molecule has 4 rings (SSSR count). The van der Waals surface area contributed by atoms with E-state index in [2.05, 4.69) is 246 Å². The lowest BCUT2D eigenvalue weighted by Crippen LogP contribution is -2.91. The standard InChI is InChI=1S/C60H112Si10/c1-38-39(2)41(4)51(40(38)3)70(58-52(64(20,21)22)42(5)48(61(11,12)13)43(6)53(58)65(23,24)25,59-54(66(26,27)28)44(7)49(62(14,15)16)45(8)55(59)67(29,30)31)60-56(68(32,33)34)46(9)50(63(17,18)19)47(10)57(60)69(35,36)37/h40H,1-37H3. The molecule has 0 N–H and O–H groups in total. The third-order valence-corrected chi connectivity index (χ3v) is 43.3. The molecule has 0 aliphatic heterocycles. The molecule has 10 heteroatoms. The highest BCUT2D eigenvalue weighted by Crippen LogP contribution is 2.42. The van der Waals surface area contributed by atoms with E-state index in [0.717, 1.165) is 0 Å². The van der Waals surface area contributed by atoms with E-state index in [4.69, 9.17) is 0 Å². The van der Waals surface area contributed by atoms with Gasteiger partial charge in [-0.05, 0) is 89.4 Å². The molecule has 0 nitrogen and oxygen atoms in total. The normalized spacial score (nSPS) is 16.7. The average Bonchev–Trinajstić information content (AvgIpc) is 3.24. The van der Waals surface area contributed by atoms with Crippen molar-refractivity contribution < 1.29 is 0 Å². The lowest BCUT2D eigenvalue weighted by molar-refractivity contribution is 0.852. The molecule has 70 heavy (non-hydrogen) atoms. The van der Waals surface area contributed by atoms with Crippen LogP contribution in [-0.4, -0.2) is 80.7 Å². The average molecular weight is 1110 g/mol. The van der Waals surface area contributed by atoms with Gasteiger partial charge in [0, 0.05) is 0 Å². The summed E-state index contributed by atoms with van der Waals surface area (Å²) >= 11 is 0. The highest BCUT2D eigenvalue weighted by atomic mass is 28.4. The van der Waals surface area contributed by atoms with Gasteiger partial charge in [-0.15, -0.1) is 0 Å². The van der Waals surface area contributed by atoms with Crippen molar-refractivity contribution in [3.8, 4) is 0 Å². The van der Waals surface area contributed by atoms with E-state index in [-0.39, 0.29) is 0 Å². The van der Waals surface area contributed by atoms with Crippen LogP contribution in [0.5, 0.6) is 0 Å². The summed E-state index contributed by atoms with van der Waals surface area (Å²) in [6, 6.07) is 0. The molecule has 0 saturated carbocycles. The van der Waals surface area contributed by atoms with Gasteiger partial charge in [0.05, 0.1) is 72.7 Å². The summed E-state index contributed by atoms with van der Waals surface area (Å²) in [5.41, 5.74) is 15.1. The van der Waals surface area contributed by atoms with Crippen molar-refractivity contribution in [1.29, 1.82) is 0 Å². The zero-order valence-corrected chi connectivity index (χ0v) is 63.6. The summed E-state index contributed by atoms with van der Waals surface area (Å²) < 4.78 is 0. The molecule has 3 aromatic carbocycles. The van der Waals surface area contributed by atoms with Crippen LogP contribution in [0.3, 0.4) is 0 Å². The summed E-state index contributed by atoms with van der Waals surface area (Å²) in [6.45, 7) is 101. The molecule has 1 unspecified atom stereocenters. The van der Waals surface area contributed by atoms with Crippen molar-refractivity contribution in [2.45, 2.75) is 246 Å². The Morgan fingerprint density at radius 1 is 0.214 bits per heavy atom.